The van der Waals surface area contributed by atoms with Crippen molar-refractivity contribution in [3.63, 3.8) is 0 Å². The Labute approximate surface area is 259 Å². The number of fused-ring (bicyclic) bond motifs is 1. The molecule has 1 aliphatic rings. The molecule has 4 heterocycles. The molecule has 45 heavy (non-hydrogen) atoms. The van der Waals surface area contributed by atoms with Crippen LogP contribution in [-0.2, 0) is 22.6 Å². The average molecular weight is 658 g/mol. The number of H-pyrrole nitrogens is 1. The number of amides is 2. The van der Waals surface area contributed by atoms with Gasteiger partial charge in [-0.05, 0) is 48.4 Å². The molecule has 17 heteroatoms. The second-order valence-electron chi connectivity index (χ2n) is 10.1. The third kappa shape index (κ3) is 6.39. The van der Waals surface area contributed by atoms with Crippen LogP contribution in [0.3, 0.4) is 0 Å². The standard InChI is InChI=1S/C28H26F3N9O3S2/c1-2-22-36-37-26(44-22)38-45(42,43)20-9-7-19(8-10-20)35-27(41)40-13-11-39(12-14-40)25-23-21(15-32-24(23)33-16-34-25)17-3-5-18(6-4-17)28(29,30)31/h3-10,15-16H,2,11-14H2,1H3,(H,35,41)(H,37,38)(H,32,33,34). The fraction of sp³-hybridized carbons (Fsp3) is 0.250. The SMILES string of the molecule is CCc1nnc(NS(=O)(=O)c2ccc(NC(=O)N3CCN(c4ncnc5[nH]cc(-c6ccc(C(F)(F)F)cc6)c45)CC3)cc2)s1. The summed E-state index contributed by atoms with van der Waals surface area (Å²) in [5, 5.41) is 12.1. The molecule has 2 amide bonds. The molecule has 0 bridgehead atoms. The van der Waals surface area contributed by atoms with E-state index in [0.717, 1.165) is 23.5 Å². The summed E-state index contributed by atoms with van der Waals surface area (Å²) in [6.07, 6.45) is -0.674. The van der Waals surface area contributed by atoms with Crippen molar-refractivity contribution in [2.45, 2.75) is 24.4 Å². The number of anilines is 3. The predicted octanol–water partition coefficient (Wildman–Crippen LogP) is 5.21. The number of aryl methyl sites for hydroxylation is 1. The highest BCUT2D eigenvalue weighted by atomic mass is 32.2. The highest BCUT2D eigenvalue weighted by Crippen LogP contribution is 2.36. The Kier molecular flexibility index (Phi) is 8.05. The van der Waals surface area contributed by atoms with Gasteiger partial charge in [-0.3, -0.25) is 4.72 Å². The van der Waals surface area contributed by atoms with Crippen molar-refractivity contribution in [3.05, 3.63) is 71.6 Å². The van der Waals surface area contributed by atoms with E-state index in [2.05, 4.69) is 35.2 Å². The van der Waals surface area contributed by atoms with Crippen LogP contribution in [0, 0.1) is 0 Å². The number of carbonyl (C=O) groups excluding carboxylic acids is 1. The summed E-state index contributed by atoms with van der Waals surface area (Å²) in [7, 11) is -3.88. The van der Waals surface area contributed by atoms with Gasteiger partial charge in [0.05, 0.1) is 15.8 Å². The molecule has 12 nitrogen and oxygen atoms in total. The van der Waals surface area contributed by atoms with Gasteiger partial charge < -0.3 is 20.1 Å². The summed E-state index contributed by atoms with van der Waals surface area (Å²) in [4.78, 5) is 28.5. The zero-order valence-electron chi connectivity index (χ0n) is 23.7. The van der Waals surface area contributed by atoms with Crippen LogP contribution in [0.5, 0.6) is 0 Å². The number of piperazine rings is 1. The minimum absolute atomic E-state index is 0.0129. The van der Waals surface area contributed by atoms with Crippen molar-refractivity contribution in [2.75, 3.05) is 41.1 Å². The van der Waals surface area contributed by atoms with Crippen LogP contribution in [0.2, 0.25) is 0 Å². The fourth-order valence-electron chi connectivity index (χ4n) is 4.91. The maximum atomic E-state index is 13.1. The Morgan fingerprint density at radius 2 is 1.71 bits per heavy atom. The molecule has 6 rings (SSSR count). The first kappa shape index (κ1) is 30.3. The van der Waals surface area contributed by atoms with Crippen LogP contribution in [-0.4, -0.2) is 70.7 Å². The molecule has 0 radical (unpaired) electrons. The lowest BCUT2D eigenvalue weighted by Crippen LogP contribution is -2.50. The van der Waals surface area contributed by atoms with E-state index in [4.69, 9.17) is 0 Å². The average Bonchev–Trinajstić information content (AvgIpc) is 3.68. The van der Waals surface area contributed by atoms with Gasteiger partial charge in [0.1, 0.15) is 22.8 Å². The Morgan fingerprint density at radius 3 is 2.36 bits per heavy atom. The van der Waals surface area contributed by atoms with E-state index in [-0.39, 0.29) is 16.1 Å². The number of hydrogen-bond donors (Lipinski definition) is 3. The lowest BCUT2D eigenvalue weighted by molar-refractivity contribution is -0.137. The van der Waals surface area contributed by atoms with Gasteiger partial charge in [-0.2, -0.15) is 13.2 Å². The summed E-state index contributed by atoms with van der Waals surface area (Å²) in [5.41, 5.74) is 1.50. The second kappa shape index (κ2) is 12.0. The first-order chi connectivity index (χ1) is 21.5. The number of nitrogens with one attached hydrogen (secondary N) is 3. The molecule has 0 spiro atoms. The third-order valence-corrected chi connectivity index (χ3v) is 9.71. The first-order valence-corrected chi connectivity index (χ1v) is 16.1. The van der Waals surface area contributed by atoms with Crippen molar-refractivity contribution in [1.29, 1.82) is 0 Å². The summed E-state index contributed by atoms with van der Waals surface area (Å²) in [6, 6.07) is 10.4. The van der Waals surface area contributed by atoms with E-state index in [1.807, 2.05) is 11.8 Å². The number of nitrogens with zero attached hydrogens (tertiary/aromatic N) is 6. The van der Waals surface area contributed by atoms with Gasteiger partial charge in [-0.1, -0.05) is 30.4 Å². The predicted molar refractivity (Wildman–Crippen MR) is 164 cm³/mol. The van der Waals surface area contributed by atoms with Gasteiger partial charge in [0, 0.05) is 43.6 Å². The highest BCUT2D eigenvalue weighted by molar-refractivity contribution is 7.93. The molecule has 0 unspecified atom stereocenters. The Morgan fingerprint density at radius 1 is 1.00 bits per heavy atom. The van der Waals surface area contributed by atoms with Crippen LogP contribution in [0.15, 0.2) is 66.0 Å². The molecule has 1 fully saturated rings. The minimum atomic E-state index is -4.43. The normalized spacial score (nSPS) is 14.1. The van der Waals surface area contributed by atoms with Gasteiger partial charge in [-0.15, -0.1) is 10.2 Å². The summed E-state index contributed by atoms with van der Waals surface area (Å²) >= 11 is 1.16. The molecule has 0 saturated carbocycles. The van der Waals surface area contributed by atoms with Crippen molar-refractivity contribution in [2.24, 2.45) is 0 Å². The van der Waals surface area contributed by atoms with Crippen LogP contribution >= 0.6 is 11.3 Å². The van der Waals surface area contributed by atoms with Crippen LogP contribution < -0.4 is 14.9 Å². The summed E-state index contributed by atoms with van der Waals surface area (Å²) in [5.74, 6) is 0.612. The fourth-order valence-corrected chi connectivity index (χ4v) is 6.82. The molecule has 1 saturated heterocycles. The molecule has 234 valence electrons. The Bertz CT molecular complexity index is 1940. The molecule has 3 aromatic heterocycles. The van der Waals surface area contributed by atoms with E-state index < -0.39 is 21.8 Å². The van der Waals surface area contributed by atoms with Crippen LogP contribution in [0.25, 0.3) is 22.2 Å². The maximum absolute atomic E-state index is 13.1. The number of urea groups is 1. The molecular formula is C28H26F3N9O3S2. The number of carbonyl (C=O) groups is 1. The topological polar surface area (TPSA) is 149 Å². The minimum Gasteiger partial charge on any atom is -0.352 e. The molecular weight excluding hydrogens is 631 g/mol. The number of sulfonamides is 1. The van der Waals surface area contributed by atoms with Gasteiger partial charge in [0.2, 0.25) is 5.13 Å². The smallest absolute Gasteiger partial charge is 0.352 e. The molecule has 2 aromatic carbocycles. The summed E-state index contributed by atoms with van der Waals surface area (Å²) in [6.45, 7) is 3.54. The largest absolute Gasteiger partial charge is 0.416 e. The molecule has 0 atom stereocenters. The molecule has 1 aliphatic heterocycles. The number of hydrogen-bond acceptors (Lipinski definition) is 9. The number of benzene rings is 2. The number of aromatic amines is 1. The van der Waals surface area contributed by atoms with E-state index in [1.165, 1.54) is 42.7 Å². The van der Waals surface area contributed by atoms with Gasteiger partial charge in [-0.25, -0.2) is 23.2 Å². The lowest BCUT2D eigenvalue weighted by atomic mass is 10.0. The maximum Gasteiger partial charge on any atom is 0.416 e. The molecule has 0 aliphatic carbocycles. The van der Waals surface area contributed by atoms with Crippen molar-refractivity contribution in [1.82, 2.24) is 30.0 Å². The monoisotopic (exact) mass is 657 g/mol. The molecule has 5 aromatic rings. The molecule has 3 N–H and O–H groups in total. The number of alkyl halides is 3. The van der Waals surface area contributed by atoms with Crippen molar-refractivity contribution < 1.29 is 26.4 Å². The van der Waals surface area contributed by atoms with E-state index in [1.54, 1.807) is 11.1 Å². The number of rotatable bonds is 7. The van der Waals surface area contributed by atoms with Gasteiger partial charge in [0.25, 0.3) is 10.0 Å². The van der Waals surface area contributed by atoms with E-state index >= 15 is 0 Å². The van der Waals surface area contributed by atoms with Crippen molar-refractivity contribution >= 4 is 55.1 Å². The van der Waals surface area contributed by atoms with Gasteiger partial charge in [0.15, 0.2) is 0 Å². The Hall–Kier alpha value is -4.77. The first-order valence-electron chi connectivity index (χ1n) is 13.8. The van der Waals surface area contributed by atoms with Gasteiger partial charge >= 0.3 is 12.2 Å². The Balaban J connectivity index is 1.10. The zero-order valence-corrected chi connectivity index (χ0v) is 25.3. The number of halogens is 3. The van der Waals surface area contributed by atoms with Crippen molar-refractivity contribution in [3.8, 4) is 11.1 Å². The summed E-state index contributed by atoms with van der Waals surface area (Å²) < 4.78 is 67.1. The van der Waals surface area contributed by atoms with Crippen LogP contribution in [0.1, 0.15) is 17.5 Å². The van der Waals surface area contributed by atoms with E-state index in [9.17, 15) is 26.4 Å². The number of aromatic nitrogens is 5. The second-order valence-corrected chi connectivity index (χ2v) is 12.8. The highest BCUT2D eigenvalue weighted by Gasteiger charge is 2.30. The quantitative estimate of drug-likeness (QED) is 0.216. The lowest BCUT2D eigenvalue weighted by Gasteiger charge is -2.35. The zero-order chi connectivity index (χ0) is 31.8. The van der Waals surface area contributed by atoms with Crippen LogP contribution in [0.4, 0.5) is 34.6 Å². The third-order valence-electron chi connectivity index (χ3n) is 7.25. The van der Waals surface area contributed by atoms with E-state index in [0.29, 0.717) is 71.3 Å².